The first-order valence-corrected chi connectivity index (χ1v) is 19.0. The smallest absolute Gasteiger partial charge is 0.221 e. The third-order valence-corrected chi connectivity index (χ3v) is 8.99. The molecular formula is C37H67ClN8O4. The molecule has 1 aromatic rings. The number of allylic oxidation sites excluding steroid dienone is 2. The van der Waals surface area contributed by atoms with Gasteiger partial charge in [0, 0.05) is 76.8 Å². The van der Waals surface area contributed by atoms with Crippen LogP contribution in [0.3, 0.4) is 0 Å². The Hall–Kier alpha value is -3.06. The normalized spacial score (nSPS) is 17.9. The zero-order valence-corrected chi connectivity index (χ0v) is 32.3. The molecular weight excluding hydrogens is 656 g/mol. The number of hydrogen-bond donors (Lipinski definition) is 5. The summed E-state index contributed by atoms with van der Waals surface area (Å²) in [6.07, 6.45) is 15.3. The quantitative estimate of drug-likeness (QED) is 0.118. The highest BCUT2D eigenvalue weighted by atomic mass is 35.5. The van der Waals surface area contributed by atoms with Gasteiger partial charge in [0.25, 0.3) is 0 Å². The van der Waals surface area contributed by atoms with Crippen LogP contribution in [0.4, 0.5) is 0 Å². The summed E-state index contributed by atoms with van der Waals surface area (Å²) in [5, 5.41) is 3.17. The Morgan fingerprint density at radius 3 is 2.22 bits per heavy atom. The molecule has 0 spiro atoms. The number of carbonyl (C=O) groups is 2. The average Bonchev–Trinajstić information content (AvgIpc) is 3.40. The maximum absolute atomic E-state index is 11.7. The molecule has 2 aliphatic heterocycles. The van der Waals surface area contributed by atoms with E-state index in [2.05, 4.69) is 32.1 Å². The van der Waals surface area contributed by atoms with E-state index in [1.54, 1.807) is 14.0 Å². The van der Waals surface area contributed by atoms with Crippen molar-refractivity contribution in [1.82, 2.24) is 26.0 Å². The first-order valence-electron chi connectivity index (χ1n) is 18.6. The third-order valence-electron chi connectivity index (χ3n) is 8.64. The molecule has 4 rings (SSSR count). The van der Waals surface area contributed by atoms with Crippen molar-refractivity contribution in [2.45, 2.75) is 91.4 Å². The average molecular weight is 723 g/mol. The summed E-state index contributed by atoms with van der Waals surface area (Å²) in [6.45, 7) is 12.7. The number of hydrazine groups is 1. The molecule has 2 amide bonds. The van der Waals surface area contributed by atoms with Gasteiger partial charge in [0.1, 0.15) is 12.4 Å². The first kappa shape index (κ1) is 45.0. The fourth-order valence-electron chi connectivity index (χ4n) is 5.78. The van der Waals surface area contributed by atoms with E-state index >= 15 is 0 Å². The van der Waals surface area contributed by atoms with Crippen LogP contribution >= 0.6 is 11.6 Å². The number of amides is 2. The summed E-state index contributed by atoms with van der Waals surface area (Å²) in [5.74, 6) is 1.32. The Balaban J connectivity index is 0.000000568. The van der Waals surface area contributed by atoms with Crippen molar-refractivity contribution in [2.75, 3.05) is 73.2 Å². The lowest BCUT2D eigenvalue weighted by molar-refractivity contribution is -0.128. The van der Waals surface area contributed by atoms with Crippen LogP contribution in [0.2, 0.25) is 5.02 Å². The van der Waals surface area contributed by atoms with E-state index in [0.29, 0.717) is 25.5 Å². The number of nitrogens with one attached hydrogen (secondary N) is 3. The summed E-state index contributed by atoms with van der Waals surface area (Å²) in [6, 6.07) is 5.95. The van der Waals surface area contributed by atoms with Gasteiger partial charge in [-0.25, -0.2) is 5.43 Å². The van der Waals surface area contributed by atoms with E-state index in [1.165, 1.54) is 44.2 Å². The van der Waals surface area contributed by atoms with Crippen molar-refractivity contribution in [3.8, 4) is 5.75 Å². The second-order valence-corrected chi connectivity index (χ2v) is 12.7. The molecule has 3 aliphatic rings. The number of hydrogen-bond acceptors (Lipinski definition) is 8. The SMILES string of the molecule is C1CCCCC1.CC.CNC(=O)CCN=C(N)N.CNN/C(=C\Cc1ccc(OCCN2CCOCC2)cc1Cl)C1CCCN(C(C)=O)CC1. The topological polar surface area (TPSA) is 160 Å². The van der Waals surface area contributed by atoms with Crippen molar-refractivity contribution < 1.29 is 19.1 Å². The molecule has 1 saturated carbocycles. The lowest BCUT2D eigenvalue weighted by Crippen LogP contribution is -2.38. The number of nitrogens with two attached hydrogens (primary N) is 2. The predicted octanol–water partition coefficient (Wildman–Crippen LogP) is 4.61. The standard InChI is InChI=1S/C24H37ClN4O3.C6H12.C5H12N4O.C2H6/c1-19(30)29-10-3-4-21(9-11-29)24(27-26-2)8-6-20-5-7-22(18-23(20)25)32-17-14-28-12-15-31-16-13-28;1-2-4-6-5-3-1;1-8-4(10)2-3-9-5(6)7;1-2/h5,7-8,18,21,26-27H,3-4,6,9-17H2,1-2H3;1-6H2;2-3H2,1H3,(H,8,10)(H4,6,7,9);1-2H3/b24-8-;;;. The maximum Gasteiger partial charge on any atom is 0.221 e. The van der Waals surface area contributed by atoms with Crippen LogP contribution in [-0.4, -0.2) is 101 Å². The number of benzene rings is 1. The number of ether oxygens (including phenoxy) is 2. The largest absolute Gasteiger partial charge is 0.492 e. The van der Waals surface area contributed by atoms with Gasteiger partial charge in [-0.15, -0.1) is 0 Å². The molecule has 50 heavy (non-hydrogen) atoms. The lowest BCUT2D eigenvalue weighted by atomic mass is 9.95. The van der Waals surface area contributed by atoms with E-state index < -0.39 is 0 Å². The molecule has 0 radical (unpaired) electrons. The highest BCUT2D eigenvalue weighted by Gasteiger charge is 2.21. The molecule has 2 saturated heterocycles. The van der Waals surface area contributed by atoms with Gasteiger partial charge < -0.3 is 36.6 Å². The number of aliphatic imine (C=N–C) groups is 1. The summed E-state index contributed by atoms with van der Waals surface area (Å²) >= 11 is 6.57. The highest BCUT2D eigenvalue weighted by Crippen LogP contribution is 2.27. The fourth-order valence-corrected chi connectivity index (χ4v) is 6.03. The number of likely N-dealkylation sites (tertiary alicyclic amines) is 1. The molecule has 7 N–H and O–H groups in total. The van der Waals surface area contributed by atoms with Gasteiger partial charge in [0.05, 0.1) is 19.8 Å². The van der Waals surface area contributed by atoms with Crippen LogP contribution in [-0.2, 0) is 20.7 Å². The van der Waals surface area contributed by atoms with Crippen LogP contribution in [0.25, 0.3) is 0 Å². The molecule has 1 atom stereocenters. The van der Waals surface area contributed by atoms with Crippen LogP contribution in [0.15, 0.2) is 35.0 Å². The number of nitrogens with zero attached hydrogens (tertiary/aromatic N) is 3. The summed E-state index contributed by atoms with van der Waals surface area (Å²) in [7, 11) is 3.44. The third kappa shape index (κ3) is 20.6. The number of carbonyl (C=O) groups excluding carboxylic acids is 2. The van der Waals surface area contributed by atoms with Crippen molar-refractivity contribution in [1.29, 1.82) is 0 Å². The van der Waals surface area contributed by atoms with E-state index in [0.717, 1.165) is 88.0 Å². The van der Waals surface area contributed by atoms with Gasteiger partial charge in [0.2, 0.25) is 11.8 Å². The number of halogens is 1. The number of rotatable bonds is 12. The van der Waals surface area contributed by atoms with Gasteiger partial charge in [-0.3, -0.25) is 19.5 Å². The molecule has 0 aromatic heterocycles. The maximum atomic E-state index is 11.7. The van der Waals surface area contributed by atoms with Gasteiger partial charge in [0.15, 0.2) is 5.96 Å². The summed E-state index contributed by atoms with van der Waals surface area (Å²) in [4.78, 5) is 30.2. The van der Waals surface area contributed by atoms with Crippen molar-refractivity contribution in [3.05, 3.63) is 40.6 Å². The molecule has 13 heteroatoms. The van der Waals surface area contributed by atoms with Gasteiger partial charge in [-0.05, 0) is 43.4 Å². The zero-order chi connectivity index (χ0) is 37.0. The summed E-state index contributed by atoms with van der Waals surface area (Å²) < 4.78 is 11.3. The van der Waals surface area contributed by atoms with E-state index in [1.807, 2.05) is 44.0 Å². The molecule has 3 fully saturated rings. The van der Waals surface area contributed by atoms with Crippen LogP contribution in [0, 0.1) is 5.92 Å². The van der Waals surface area contributed by atoms with E-state index in [-0.39, 0.29) is 17.8 Å². The molecule has 1 aromatic carbocycles. The molecule has 1 unspecified atom stereocenters. The van der Waals surface area contributed by atoms with Crippen molar-refractivity contribution >= 4 is 29.4 Å². The van der Waals surface area contributed by atoms with Gasteiger partial charge in [-0.1, -0.05) is 76.1 Å². The minimum Gasteiger partial charge on any atom is -0.492 e. The molecule has 286 valence electrons. The number of guanidine groups is 1. The predicted molar refractivity (Wildman–Crippen MR) is 206 cm³/mol. The van der Waals surface area contributed by atoms with E-state index in [9.17, 15) is 9.59 Å². The van der Waals surface area contributed by atoms with Crippen LogP contribution in [0.1, 0.15) is 90.5 Å². The minimum absolute atomic E-state index is 0.0175. The van der Waals surface area contributed by atoms with Crippen molar-refractivity contribution in [3.63, 3.8) is 0 Å². The second kappa shape index (κ2) is 28.6. The lowest BCUT2D eigenvalue weighted by Gasteiger charge is -2.26. The van der Waals surface area contributed by atoms with Crippen LogP contribution < -0.4 is 32.4 Å². The minimum atomic E-state index is -0.0648. The second-order valence-electron chi connectivity index (χ2n) is 12.3. The Bertz CT molecular complexity index is 1110. The molecule has 12 nitrogen and oxygen atoms in total. The fraction of sp³-hybridized carbons (Fsp3) is 0.703. The Labute approximate surface area is 307 Å². The van der Waals surface area contributed by atoms with E-state index in [4.69, 9.17) is 32.5 Å². The Morgan fingerprint density at radius 1 is 1.00 bits per heavy atom. The van der Waals surface area contributed by atoms with Crippen molar-refractivity contribution in [2.24, 2.45) is 22.4 Å². The van der Waals surface area contributed by atoms with Crippen LogP contribution in [0.5, 0.6) is 5.75 Å². The Morgan fingerprint density at radius 2 is 1.66 bits per heavy atom. The van der Waals surface area contributed by atoms with Gasteiger partial charge in [-0.2, -0.15) is 0 Å². The van der Waals surface area contributed by atoms with Gasteiger partial charge >= 0.3 is 0 Å². The first-order chi connectivity index (χ1) is 24.2. The number of morpholine rings is 1. The monoisotopic (exact) mass is 722 g/mol. The molecule has 2 heterocycles. The highest BCUT2D eigenvalue weighted by molar-refractivity contribution is 6.31. The summed E-state index contributed by atoms with van der Waals surface area (Å²) in [5.41, 5.74) is 18.6. The zero-order valence-electron chi connectivity index (χ0n) is 31.5. The molecule has 1 aliphatic carbocycles. The molecule has 0 bridgehead atoms. The Kier molecular flexibility index (Phi) is 25.7.